The van der Waals surface area contributed by atoms with E-state index >= 15 is 0 Å². The summed E-state index contributed by atoms with van der Waals surface area (Å²) in [5.74, 6) is 1.82. The molecule has 0 saturated heterocycles. The van der Waals surface area contributed by atoms with E-state index in [0.29, 0.717) is 6.61 Å². The second-order valence-corrected chi connectivity index (χ2v) is 3.69. The Labute approximate surface area is 90.4 Å². The van der Waals surface area contributed by atoms with Gasteiger partial charge < -0.3 is 10.1 Å². The summed E-state index contributed by atoms with van der Waals surface area (Å²) >= 11 is 0. The van der Waals surface area contributed by atoms with Crippen molar-refractivity contribution in [2.75, 3.05) is 6.61 Å². The SMILES string of the molecule is C#CCC(NC(C)=O)C(=O)OCC(C)C. The molecule has 0 radical (unpaired) electrons. The Bertz CT molecular complexity index is 265. The molecule has 0 saturated carbocycles. The van der Waals surface area contributed by atoms with Crippen molar-refractivity contribution < 1.29 is 14.3 Å². The third-order valence-corrected chi connectivity index (χ3v) is 1.54. The maximum atomic E-state index is 11.4. The van der Waals surface area contributed by atoms with Crippen LogP contribution in [0.1, 0.15) is 27.2 Å². The molecule has 0 rings (SSSR count). The minimum absolute atomic E-state index is 0.149. The van der Waals surface area contributed by atoms with Crippen LogP contribution in [0, 0.1) is 18.3 Å². The molecular weight excluding hydrogens is 194 g/mol. The normalized spacial score (nSPS) is 11.7. The van der Waals surface area contributed by atoms with Gasteiger partial charge >= 0.3 is 5.97 Å². The Morgan fingerprint density at radius 1 is 1.47 bits per heavy atom. The minimum atomic E-state index is -0.730. The lowest BCUT2D eigenvalue weighted by Crippen LogP contribution is -2.40. The average Bonchev–Trinajstić information content (AvgIpc) is 2.12. The van der Waals surface area contributed by atoms with Crippen LogP contribution in [-0.2, 0) is 14.3 Å². The van der Waals surface area contributed by atoms with E-state index in [2.05, 4.69) is 11.2 Å². The van der Waals surface area contributed by atoms with Gasteiger partial charge in [0.25, 0.3) is 0 Å². The molecule has 15 heavy (non-hydrogen) atoms. The molecule has 0 aromatic carbocycles. The van der Waals surface area contributed by atoms with E-state index in [0.717, 1.165) is 0 Å². The number of ether oxygens (including phenoxy) is 1. The van der Waals surface area contributed by atoms with Crippen LogP contribution in [0.4, 0.5) is 0 Å². The maximum absolute atomic E-state index is 11.4. The molecule has 0 aliphatic rings. The third-order valence-electron chi connectivity index (χ3n) is 1.54. The predicted octanol–water partition coefficient (Wildman–Crippen LogP) is 0.714. The summed E-state index contributed by atoms with van der Waals surface area (Å²) in [7, 11) is 0. The summed E-state index contributed by atoms with van der Waals surface area (Å²) in [5.41, 5.74) is 0. The van der Waals surface area contributed by atoms with Crippen molar-refractivity contribution in [2.24, 2.45) is 5.92 Å². The van der Waals surface area contributed by atoms with Gasteiger partial charge in [0, 0.05) is 13.3 Å². The van der Waals surface area contributed by atoms with Crippen molar-refractivity contribution in [1.82, 2.24) is 5.32 Å². The van der Waals surface area contributed by atoms with Crippen molar-refractivity contribution in [3.8, 4) is 12.3 Å². The van der Waals surface area contributed by atoms with Crippen molar-refractivity contribution in [3.05, 3.63) is 0 Å². The Morgan fingerprint density at radius 3 is 2.47 bits per heavy atom. The van der Waals surface area contributed by atoms with Crippen LogP contribution in [0.5, 0.6) is 0 Å². The number of hydrogen-bond acceptors (Lipinski definition) is 3. The van der Waals surface area contributed by atoms with Gasteiger partial charge in [0.15, 0.2) is 0 Å². The average molecular weight is 211 g/mol. The van der Waals surface area contributed by atoms with Crippen molar-refractivity contribution >= 4 is 11.9 Å². The van der Waals surface area contributed by atoms with E-state index in [1.165, 1.54) is 6.92 Å². The smallest absolute Gasteiger partial charge is 0.329 e. The summed E-state index contributed by atoms with van der Waals surface area (Å²) in [6, 6.07) is -0.730. The highest BCUT2D eigenvalue weighted by Gasteiger charge is 2.19. The van der Waals surface area contributed by atoms with Crippen LogP contribution in [0.3, 0.4) is 0 Å². The van der Waals surface area contributed by atoms with Crippen LogP contribution in [0.25, 0.3) is 0 Å². The molecule has 1 unspecified atom stereocenters. The molecule has 0 aliphatic carbocycles. The number of hydrogen-bond donors (Lipinski definition) is 1. The van der Waals surface area contributed by atoms with Crippen LogP contribution < -0.4 is 5.32 Å². The van der Waals surface area contributed by atoms with E-state index in [1.807, 2.05) is 13.8 Å². The van der Waals surface area contributed by atoms with Crippen LogP contribution >= 0.6 is 0 Å². The second-order valence-electron chi connectivity index (χ2n) is 3.69. The van der Waals surface area contributed by atoms with Gasteiger partial charge in [-0.25, -0.2) is 4.79 Å². The maximum Gasteiger partial charge on any atom is 0.329 e. The van der Waals surface area contributed by atoms with E-state index in [4.69, 9.17) is 11.2 Å². The van der Waals surface area contributed by atoms with Gasteiger partial charge in [0.1, 0.15) is 6.04 Å². The zero-order valence-corrected chi connectivity index (χ0v) is 9.37. The summed E-state index contributed by atoms with van der Waals surface area (Å²) in [5, 5.41) is 2.45. The zero-order chi connectivity index (χ0) is 11.8. The van der Waals surface area contributed by atoms with Crippen molar-refractivity contribution in [3.63, 3.8) is 0 Å². The predicted molar refractivity (Wildman–Crippen MR) is 56.9 cm³/mol. The van der Waals surface area contributed by atoms with E-state index in [-0.39, 0.29) is 18.2 Å². The first-order chi connectivity index (χ1) is 6.97. The van der Waals surface area contributed by atoms with Gasteiger partial charge in [-0.05, 0) is 5.92 Å². The fourth-order valence-corrected chi connectivity index (χ4v) is 0.906. The van der Waals surface area contributed by atoms with Gasteiger partial charge in [-0.15, -0.1) is 12.3 Å². The molecule has 0 heterocycles. The zero-order valence-electron chi connectivity index (χ0n) is 9.37. The number of rotatable bonds is 5. The highest BCUT2D eigenvalue weighted by molar-refractivity contribution is 5.83. The fourth-order valence-electron chi connectivity index (χ4n) is 0.906. The lowest BCUT2D eigenvalue weighted by molar-refractivity contribution is -0.148. The second kappa shape index (κ2) is 6.88. The minimum Gasteiger partial charge on any atom is -0.464 e. The van der Waals surface area contributed by atoms with Crippen LogP contribution in [0.2, 0.25) is 0 Å². The highest BCUT2D eigenvalue weighted by Crippen LogP contribution is 1.99. The molecule has 4 heteroatoms. The van der Waals surface area contributed by atoms with Crippen molar-refractivity contribution in [1.29, 1.82) is 0 Å². The topological polar surface area (TPSA) is 55.4 Å². The van der Waals surface area contributed by atoms with Gasteiger partial charge in [0.2, 0.25) is 5.91 Å². The first kappa shape index (κ1) is 13.5. The molecule has 0 fully saturated rings. The first-order valence-corrected chi connectivity index (χ1v) is 4.84. The molecule has 1 N–H and O–H groups in total. The first-order valence-electron chi connectivity index (χ1n) is 4.84. The van der Waals surface area contributed by atoms with Crippen LogP contribution in [-0.4, -0.2) is 24.5 Å². The number of esters is 1. The number of terminal acetylenes is 1. The lowest BCUT2D eigenvalue weighted by atomic mass is 10.2. The molecule has 0 spiro atoms. The summed E-state index contributed by atoms with van der Waals surface area (Å²) in [4.78, 5) is 22.2. The van der Waals surface area contributed by atoms with E-state index < -0.39 is 12.0 Å². The molecular formula is C11H17NO3. The third kappa shape index (κ3) is 6.55. The molecule has 0 aliphatic heterocycles. The van der Waals surface area contributed by atoms with E-state index in [9.17, 15) is 9.59 Å². The number of nitrogens with one attached hydrogen (secondary N) is 1. The lowest BCUT2D eigenvalue weighted by Gasteiger charge is -2.15. The Kier molecular flexibility index (Phi) is 6.19. The molecule has 1 atom stereocenters. The summed E-state index contributed by atoms with van der Waals surface area (Å²) in [6.45, 7) is 5.53. The van der Waals surface area contributed by atoms with Gasteiger partial charge in [0.05, 0.1) is 6.61 Å². The monoisotopic (exact) mass is 211 g/mol. The summed E-state index contributed by atoms with van der Waals surface area (Å²) < 4.78 is 4.97. The highest BCUT2D eigenvalue weighted by atomic mass is 16.5. The van der Waals surface area contributed by atoms with Crippen molar-refractivity contribution in [2.45, 2.75) is 33.2 Å². The van der Waals surface area contributed by atoms with Gasteiger partial charge in [-0.1, -0.05) is 13.8 Å². The Balaban J connectivity index is 4.17. The van der Waals surface area contributed by atoms with Gasteiger partial charge in [-0.3, -0.25) is 4.79 Å². The molecule has 0 aromatic heterocycles. The number of amides is 1. The quantitative estimate of drug-likeness (QED) is 0.538. The van der Waals surface area contributed by atoms with Gasteiger partial charge in [-0.2, -0.15) is 0 Å². The Morgan fingerprint density at radius 2 is 2.07 bits per heavy atom. The summed E-state index contributed by atoms with van der Waals surface area (Å²) in [6.07, 6.45) is 5.24. The number of carbonyl (C=O) groups is 2. The molecule has 0 aromatic rings. The molecule has 0 bridgehead atoms. The van der Waals surface area contributed by atoms with Crippen LogP contribution in [0.15, 0.2) is 0 Å². The largest absolute Gasteiger partial charge is 0.464 e. The fraction of sp³-hybridized carbons (Fsp3) is 0.636. The molecule has 4 nitrogen and oxygen atoms in total. The van der Waals surface area contributed by atoms with E-state index in [1.54, 1.807) is 0 Å². The Hall–Kier alpha value is -1.50. The standard InChI is InChI=1S/C11H17NO3/c1-5-6-10(12-9(4)13)11(14)15-7-8(2)3/h1,8,10H,6-7H2,2-4H3,(H,12,13). The molecule has 84 valence electrons. The number of carbonyl (C=O) groups excluding carboxylic acids is 2. The molecule has 1 amide bonds.